The molecule has 0 aliphatic heterocycles. The van der Waals surface area contributed by atoms with Crippen molar-refractivity contribution < 1.29 is 0 Å². The van der Waals surface area contributed by atoms with Gasteiger partial charge in [-0.25, -0.2) is 15.0 Å². The molecule has 3 rings (SSSR count). The fraction of sp³-hybridized carbons (Fsp3) is 0.308. The fourth-order valence-electron chi connectivity index (χ4n) is 2.07. The van der Waals surface area contributed by atoms with Gasteiger partial charge in [0.2, 0.25) is 0 Å². The van der Waals surface area contributed by atoms with E-state index in [4.69, 9.17) is 11.6 Å². The number of pyridine rings is 1. The van der Waals surface area contributed by atoms with E-state index < -0.39 is 0 Å². The van der Waals surface area contributed by atoms with Crippen molar-refractivity contribution in [3.8, 4) is 0 Å². The molecule has 19 heavy (non-hydrogen) atoms. The first-order valence-electron chi connectivity index (χ1n) is 5.99. The molecule has 0 N–H and O–H groups in total. The molecule has 3 aromatic rings. The summed E-state index contributed by atoms with van der Waals surface area (Å²) in [6.07, 6.45) is 1.85. The zero-order valence-corrected chi connectivity index (χ0v) is 12.2. The van der Waals surface area contributed by atoms with E-state index in [1.807, 2.05) is 41.6 Å². The van der Waals surface area contributed by atoms with Crippen LogP contribution in [0, 0.1) is 6.92 Å². The topological polar surface area (TPSA) is 43.6 Å². The third-order valence-corrected chi connectivity index (χ3v) is 3.74. The molecule has 0 spiro atoms. The van der Waals surface area contributed by atoms with E-state index >= 15 is 0 Å². The van der Waals surface area contributed by atoms with Crippen LogP contribution in [0.4, 0.5) is 0 Å². The van der Waals surface area contributed by atoms with Crippen molar-refractivity contribution >= 4 is 34.1 Å². The quantitative estimate of drug-likeness (QED) is 0.694. The first kappa shape index (κ1) is 12.6. The van der Waals surface area contributed by atoms with Crippen LogP contribution >= 0.6 is 22.9 Å². The van der Waals surface area contributed by atoms with E-state index in [0.29, 0.717) is 6.54 Å². The Morgan fingerprint density at radius 3 is 2.95 bits per heavy atom. The SMILES string of the molecule is Cc1cnc2c(c1)nc(C(C)Cl)n2Cc1cscn1. The van der Waals surface area contributed by atoms with E-state index in [1.165, 1.54) is 0 Å². The lowest BCUT2D eigenvalue weighted by Crippen LogP contribution is -2.06. The molecule has 1 atom stereocenters. The number of thiazole rings is 1. The second-order valence-corrected chi connectivity index (χ2v) is 5.88. The number of aryl methyl sites for hydroxylation is 1. The van der Waals surface area contributed by atoms with Crippen LogP contribution in [0.3, 0.4) is 0 Å². The van der Waals surface area contributed by atoms with Crippen LogP contribution in [-0.2, 0) is 6.54 Å². The van der Waals surface area contributed by atoms with Gasteiger partial charge in [-0.15, -0.1) is 22.9 Å². The van der Waals surface area contributed by atoms with E-state index in [0.717, 1.165) is 28.2 Å². The van der Waals surface area contributed by atoms with E-state index in [-0.39, 0.29) is 5.38 Å². The number of nitrogens with zero attached hydrogens (tertiary/aromatic N) is 4. The second-order valence-electron chi connectivity index (χ2n) is 4.51. The number of rotatable bonds is 3. The molecule has 0 aliphatic carbocycles. The van der Waals surface area contributed by atoms with E-state index in [9.17, 15) is 0 Å². The third-order valence-electron chi connectivity index (χ3n) is 2.91. The van der Waals surface area contributed by atoms with Gasteiger partial charge in [0.05, 0.1) is 23.1 Å². The summed E-state index contributed by atoms with van der Waals surface area (Å²) in [5.74, 6) is 0.836. The molecule has 0 radical (unpaired) electrons. The van der Waals surface area contributed by atoms with Gasteiger partial charge in [-0.2, -0.15) is 0 Å². The van der Waals surface area contributed by atoms with E-state index in [1.54, 1.807) is 11.3 Å². The molecule has 0 saturated heterocycles. The zero-order chi connectivity index (χ0) is 13.4. The Bertz CT molecular complexity index is 703. The maximum absolute atomic E-state index is 6.23. The zero-order valence-electron chi connectivity index (χ0n) is 10.7. The molecule has 3 heterocycles. The lowest BCUT2D eigenvalue weighted by atomic mass is 10.3. The molecule has 6 heteroatoms. The summed E-state index contributed by atoms with van der Waals surface area (Å²) in [6.45, 7) is 4.59. The number of aromatic nitrogens is 4. The number of halogens is 1. The molecule has 1 unspecified atom stereocenters. The van der Waals surface area contributed by atoms with Crippen molar-refractivity contribution in [2.45, 2.75) is 25.8 Å². The van der Waals surface area contributed by atoms with E-state index in [2.05, 4.69) is 15.0 Å². The van der Waals surface area contributed by atoms with Crippen LogP contribution in [0.15, 0.2) is 23.2 Å². The number of fused-ring (bicyclic) bond motifs is 1. The highest BCUT2D eigenvalue weighted by Gasteiger charge is 2.16. The molecule has 98 valence electrons. The minimum Gasteiger partial charge on any atom is -0.305 e. The second kappa shape index (κ2) is 4.90. The first-order chi connectivity index (χ1) is 9.15. The molecule has 0 aromatic carbocycles. The van der Waals surface area contributed by atoms with Crippen molar-refractivity contribution in [3.63, 3.8) is 0 Å². The Morgan fingerprint density at radius 2 is 2.26 bits per heavy atom. The average molecular weight is 293 g/mol. The highest BCUT2D eigenvalue weighted by atomic mass is 35.5. The van der Waals surface area contributed by atoms with Crippen LogP contribution in [-0.4, -0.2) is 19.5 Å². The highest BCUT2D eigenvalue weighted by Crippen LogP contribution is 2.24. The normalized spacial score (nSPS) is 13.0. The van der Waals surface area contributed by atoms with Gasteiger partial charge in [-0.05, 0) is 25.5 Å². The molecular formula is C13H13ClN4S. The van der Waals surface area contributed by atoms with Crippen molar-refractivity contribution in [1.82, 2.24) is 19.5 Å². The first-order valence-corrected chi connectivity index (χ1v) is 7.37. The van der Waals surface area contributed by atoms with Gasteiger partial charge >= 0.3 is 0 Å². The van der Waals surface area contributed by atoms with Crippen LogP contribution < -0.4 is 0 Å². The number of alkyl halides is 1. The number of hydrogen-bond acceptors (Lipinski definition) is 4. The van der Waals surface area contributed by atoms with Crippen LogP contribution in [0.2, 0.25) is 0 Å². The Kier molecular flexibility index (Phi) is 3.24. The van der Waals surface area contributed by atoms with Crippen molar-refractivity contribution in [1.29, 1.82) is 0 Å². The van der Waals surface area contributed by atoms with Gasteiger partial charge in [0, 0.05) is 11.6 Å². The van der Waals surface area contributed by atoms with Gasteiger partial charge in [0.1, 0.15) is 11.3 Å². The van der Waals surface area contributed by atoms with Crippen molar-refractivity contribution in [3.05, 3.63) is 40.2 Å². The Hall–Kier alpha value is -1.46. The minimum absolute atomic E-state index is 0.159. The van der Waals surface area contributed by atoms with Gasteiger partial charge in [0.15, 0.2) is 5.65 Å². The summed E-state index contributed by atoms with van der Waals surface area (Å²) in [5.41, 5.74) is 5.68. The third kappa shape index (κ3) is 2.35. The Balaban J connectivity index is 2.16. The van der Waals surface area contributed by atoms with Gasteiger partial charge in [-0.3, -0.25) is 0 Å². The molecule has 0 saturated carbocycles. The molecule has 0 aliphatic rings. The maximum atomic E-state index is 6.23. The average Bonchev–Trinajstić information content (AvgIpc) is 2.97. The Morgan fingerprint density at radius 1 is 1.42 bits per heavy atom. The molecular weight excluding hydrogens is 280 g/mol. The predicted octanol–water partition coefficient (Wildman–Crippen LogP) is 3.54. The maximum Gasteiger partial charge on any atom is 0.160 e. The monoisotopic (exact) mass is 292 g/mol. The molecule has 0 fully saturated rings. The van der Waals surface area contributed by atoms with Crippen molar-refractivity contribution in [2.24, 2.45) is 0 Å². The van der Waals surface area contributed by atoms with Gasteiger partial charge in [-0.1, -0.05) is 0 Å². The number of hydrogen-bond donors (Lipinski definition) is 0. The largest absolute Gasteiger partial charge is 0.305 e. The molecule has 0 bridgehead atoms. The predicted molar refractivity (Wildman–Crippen MR) is 77.7 cm³/mol. The summed E-state index contributed by atoms with van der Waals surface area (Å²) < 4.78 is 2.04. The van der Waals surface area contributed by atoms with Gasteiger partial charge < -0.3 is 4.57 Å². The summed E-state index contributed by atoms with van der Waals surface area (Å²) in [4.78, 5) is 13.4. The fourth-order valence-corrected chi connectivity index (χ4v) is 2.78. The molecule has 4 nitrogen and oxygen atoms in total. The number of imidazole rings is 1. The molecule has 0 amide bonds. The summed E-state index contributed by atoms with van der Waals surface area (Å²) >= 11 is 7.82. The summed E-state index contributed by atoms with van der Waals surface area (Å²) in [7, 11) is 0. The smallest absolute Gasteiger partial charge is 0.160 e. The lowest BCUT2D eigenvalue weighted by molar-refractivity contribution is 0.725. The summed E-state index contributed by atoms with van der Waals surface area (Å²) in [5, 5.41) is 1.87. The van der Waals surface area contributed by atoms with Crippen LogP contribution in [0.5, 0.6) is 0 Å². The van der Waals surface area contributed by atoms with Crippen LogP contribution in [0.1, 0.15) is 29.4 Å². The minimum atomic E-state index is -0.159. The van der Waals surface area contributed by atoms with Crippen molar-refractivity contribution in [2.75, 3.05) is 0 Å². The summed E-state index contributed by atoms with van der Waals surface area (Å²) in [6, 6.07) is 2.03. The lowest BCUT2D eigenvalue weighted by Gasteiger charge is -2.08. The Labute approximate surface area is 120 Å². The standard InChI is InChI=1S/C13H13ClN4S/c1-8-3-11-13(15-4-8)18(12(17-11)9(2)14)5-10-6-19-7-16-10/h3-4,6-7,9H,5H2,1-2H3. The molecule has 3 aromatic heterocycles. The van der Waals surface area contributed by atoms with Crippen LogP contribution in [0.25, 0.3) is 11.2 Å². The highest BCUT2D eigenvalue weighted by molar-refractivity contribution is 7.07. The van der Waals surface area contributed by atoms with Gasteiger partial charge in [0.25, 0.3) is 0 Å².